The number of hydrogen-bond acceptors (Lipinski definition) is 3. The second-order valence-electron chi connectivity index (χ2n) is 5.27. The molecular weight excluding hydrogens is 260 g/mol. The van der Waals surface area contributed by atoms with Crippen molar-refractivity contribution < 1.29 is 5.11 Å². The largest absolute Gasteiger partial charge is 0.393 e. The van der Waals surface area contributed by atoms with Crippen molar-refractivity contribution in [3.63, 3.8) is 0 Å². The lowest BCUT2D eigenvalue weighted by Crippen LogP contribution is -2.31. The van der Waals surface area contributed by atoms with Crippen molar-refractivity contribution in [2.75, 3.05) is 6.54 Å². The monoisotopic (exact) mass is 278 g/mol. The molecule has 1 aliphatic heterocycles. The van der Waals surface area contributed by atoms with Crippen LogP contribution in [0, 0.1) is 11.3 Å². The van der Waals surface area contributed by atoms with Gasteiger partial charge in [0.05, 0.1) is 17.7 Å². The quantitative estimate of drug-likeness (QED) is 0.921. The van der Waals surface area contributed by atoms with Crippen LogP contribution in [0.4, 0.5) is 0 Å². The van der Waals surface area contributed by atoms with Gasteiger partial charge in [-0.1, -0.05) is 17.7 Å². The van der Waals surface area contributed by atoms with Crippen molar-refractivity contribution in [1.29, 1.82) is 5.26 Å². The van der Waals surface area contributed by atoms with Crippen molar-refractivity contribution in [2.24, 2.45) is 0 Å². The molecule has 3 nitrogen and oxygen atoms in total. The van der Waals surface area contributed by atoms with Gasteiger partial charge in [-0.25, -0.2) is 0 Å². The number of benzene rings is 1. The zero-order valence-electron chi connectivity index (χ0n) is 11.1. The SMILES string of the molecule is CC(O)CC1CCCN1Cc1ccc(C#N)cc1Cl. The maximum absolute atomic E-state index is 9.53. The van der Waals surface area contributed by atoms with Crippen LogP contribution in [0.5, 0.6) is 0 Å². The zero-order valence-corrected chi connectivity index (χ0v) is 11.9. The zero-order chi connectivity index (χ0) is 13.8. The third-order valence-corrected chi connectivity index (χ3v) is 4.02. The van der Waals surface area contributed by atoms with Crippen molar-refractivity contribution in [3.05, 3.63) is 34.3 Å². The van der Waals surface area contributed by atoms with Crippen LogP contribution in [0.3, 0.4) is 0 Å². The molecule has 1 saturated heterocycles. The summed E-state index contributed by atoms with van der Waals surface area (Å²) in [5, 5.41) is 19.0. The maximum atomic E-state index is 9.53. The molecule has 4 heteroatoms. The molecule has 2 unspecified atom stereocenters. The third-order valence-electron chi connectivity index (χ3n) is 3.67. The molecule has 2 rings (SSSR count). The molecule has 1 heterocycles. The molecule has 0 radical (unpaired) electrons. The summed E-state index contributed by atoms with van der Waals surface area (Å²) in [7, 11) is 0. The Morgan fingerprint density at radius 3 is 3.00 bits per heavy atom. The molecular formula is C15H19ClN2O. The molecule has 0 amide bonds. The summed E-state index contributed by atoms with van der Waals surface area (Å²) in [5.74, 6) is 0. The van der Waals surface area contributed by atoms with Gasteiger partial charge in [0.15, 0.2) is 0 Å². The van der Waals surface area contributed by atoms with Gasteiger partial charge < -0.3 is 5.11 Å². The number of aliphatic hydroxyl groups is 1. The van der Waals surface area contributed by atoms with E-state index in [0.717, 1.165) is 31.5 Å². The molecule has 1 N–H and O–H groups in total. The van der Waals surface area contributed by atoms with Crippen LogP contribution in [0.25, 0.3) is 0 Å². The lowest BCUT2D eigenvalue weighted by molar-refractivity contribution is 0.131. The van der Waals surface area contributed by atoms with Crippen molar-refractivity contribution in [3.8, 4) is 6.07 Å². The van der Waals surface area contributed by atoms with Gasteiger partial charge in [-0.15, -0.1) is 0 Å². The predicted molar refractivity (Wildman–Crippen MR) is 75.9 cm³/mol. The standard InChI is InChI=1S/C15H19ClN2O/c1-11(19)7-14-3-2-6-18(14)10-13-5-4-12(9-17)8-15(13)16/h4-5,8,11,14,19H,2-3,6-7,10H2,1H3. The second-order valence-corrected chi connectivity index (χ2v) is 5.68. The van der Waals surface area contributed by atoms with Crippen molar-refractivity contribution in [1.82, 2.24) is 4.90 Å². The molecule has 0 saturated carbocycles. The lowest BCUT2D eigenvalue weighted by atomic mass is 10.1. The van der Waals surface area contributed by atoms with E-state index >= 15 is 0 Å². The molecule has 0 aliphatic carbocycles. The van der Waals surface area contributed by atoms with E-state index in [1.54, 1.807) is 12.1 Å². The molecule has 1 fully saturated rings. The third kappa shape index (κ3) is 3.70. The Morgan fingerprint density at radius 1 is 1.58 bits per heavy atom. The number of likely N-dealkylation sites (tertiary alicyclic amines) is 1. The minimum absolute atomic E-state index is 0.262. The lowest BCUT2D eigenvalue weighted by Gasteiger charge is -2.25. The summed E-state index contributed by atoms with van der Waals surface area (Å²) < 4.78 is 0. The number of hydrogen-bond donors (Lipinski definition) is 1. The van der Waals surface area contributed by atoms with Crippen LogP contribution in [0.2, 0.25) is 5.02 Å². The molecule has 1 aromatic rings. The fourth-order valence-electron chi connectivity index (χ4n) is 2.73. The highest BCUT2D eigenvalue weighted by Gasteiger charge is 2.25. The van der Waals surface area contributed by atoms with Crippen molar-refractivity contribution >= 4 is 11.6 Å². The van der Waals surface area contributed by atoms with Gasteiger partial charge in [-0.05, 0) is 50.4 Å². The van der Waals surface area contributed by atoms with E-state index in [0.29, 0.717) is 16.6 Å². The first-order valence-corrected chi connectivity index (χ1v) is 7.08. The Morgan fingerprint density at radius 2 is 2.37 bits per heavy atom. The van der Waals surface area contributed by atoms with Gasteiger partial charge in [0.25, 0.3) is 0 Å². The minimum Gasteiger partial charge on any atom is -0.393 e. The van der Waals surface area contributed by atoms with Gasteiger partial charge in [-0.3, -0.25) is 4.90 Å². The number of nitrogens with zero attached hydrogens (tertiary/aromatic N) is 2. The number of halogens is 1. The normalized spacial score (nSPS) is 21.3. The van der Waals surface area contributed by atoms with Crippen LogP contribution in [0.15, 0.2) is 18.2 Å². The van der Waals surface area contributed by atoms with E-state index in [9.17, 15) is 5.11 Å². The highest BCUT2D eigenvalue weighted by Crippen LogP contribution is 2.26. The summed E-state index contributed by atoms with van der Waals surface area (Å²) >= 11 is 6.21. The predicted octanol–water partition coefficient (Wildman–Crippen LogP) is 2.95. The molecule has 1 aliphatic rings. The van der Waals surface area contributed by atoms with Gasteiger partial charge in [0, 0.05) is 17.6 Å². The second kappa shape index (κ2) is 6.38. The first-order chi connectivity index (χ1) is 9.10. The first kappa shape index (κ1) is 14.3. The Bertz CT molecular complexity index is 482. The van der Waals surface area contributed by atoms with Crippen LogP contribution < -0.4 is 0 Å². The maximum Gasteiger partial charge on any atom is 0.0992 e. The summed E-state index contributed by atoms with van der Waals surface area (Å²) in [6.07, 6.45) is 2.86. The minimum atomic E-state index is -0.262. The topological polar surface area (TPSA) is 47.3 Å². The Kier molecular flexibility index (Phi) is 4.81. The molecule has 0 aromatic heterocycles. The van der Waals surface area contributed by atoms with Gasteiger partial charge in [0.1, 0.15) is 0 Å². The average Bonchev–Trinajstić information content (AvgIpc) is 2.78. The molecule has 0 bridgehead atoms. The molecule has 2 atom stereocenters. The van der Waals surface area contributed by atoms with E-state index in [2.05, 4.69) is 11.0 Å². The smallest absolute Gasteiger partial charge is 0.0992 e. The number of nitriles is 1. The molecule has 0 spiro atoms. The highest BCUT2D eigenvalue weighted by atomic mass is 35.5. The van der Waals surface area contributed by atoms with Gasteiger partial charge in [-0.2, -0.15) is 5.26 Å². The summed E-state index contributed by atoms with van der Waals surface area (Å²) in [6, 6.07) is 7.98. The van der Waals surface area contributed by atoms with Gasteiger partial charge >= 0.3 is 0 Å². The van der Waals surface area contributed by atoms with Crippen LogP contribution in [-0.2, 0) is 6.54 Å². The van der Waals surface area contributed by atoms with E-state index in [4.69, 9.17) is 16.9 Å². The van der Waals surface area contributed by atoms with Crippen LogP contribution >= 0.6 is 11.6 Å². The van der Waals surface area contributed by atoms with Crippen LogP contribution in [0.1, 0.15) is 37.3 Å². The number of aliphatic hydroxyl groups excluding tert-OH is 1. The van der Waals surface area contributed by atoms with E-state index in [1.807, 2.05) is 13.0 Å². The molecule has 19 heavy (non-hydrogen) atoms. The Balaban J connectivity index is 2.06. The molecule has 102 valence electrons. The summed E-state index contributed by atoms with van der Waals surface area (Å²) in [6.45, 7) is 3.68. The summed E-state index contributed by atoms with van der Waals surface area (Å²) in [5.41, 5.74) is 1.65. The fraction of sp³-hybridized carbons (Fsp3) is 0.533. The molecule has 1 aromatic carbocycles. The Labute approximate surface area is 119 Å². The highest BCUT2D eigenvalue weighted by molar-refractivity contribution is 6.31. The van der Waals surface area contributed by atoms with E-state index in [1.165, 1.54) is 6.42 Å². The summed E-state index contributed by atoms with van der Waals surface area (Å²) in [4.78, 5) is 2.37. The average molecular weight is 279 g/mol. The van der Waals surface area contributed by atoms with Crippen LogP contribution in [-0.4, -0.2) is 28.7 Å². The van der Waals surface area contributed by atoms with Gasteiger partial charge in [0.2, 0.25) is 0 Å². The number of rotatable bonds is 4. The van der Waals surface area contributed by atoms with E-state index in [-0.39, 0.29) is 6.10 Å². The fourth-order valence-corrected chi connectivity index (χ4v) is 2.97. The van der Waals surface area contributed by atoms with E-state index < -0.39 is 0 Å². The first-order valence-electron chi connectivity index (χ1n) is 6.71. The Hall–Kier alpha value is -1.08. The van der Waals surface area contributed by atoms with Crippen molar-refractivity contribution in [2.45, 2.75) is 44.9 Å².